The minimum Gasteiger partial charge on any atom is -0.481 e. The van der Waals surface area contributed by atoms with E-state index in [1.54, 1.807) is 9.80 Å². The number of ether oxygens (including phenoxy) is 1. The van der Waals surface area contributed by atoms with Gasteiger partial charge in [0.25, 0.3) is 0 Å². The van der Waals surface area contributed by atoms with E-state index in [0.29, 0.717) is 32.5 Å². The smallest absolute Gasteiger partial charge is 0.320 e. The molecule has 2 fully saturated rings. The third-order valence-electron chi connectivity index (χ3n) is 4.29. The fourth-order valence-corrected chi connectivity index (χ4v) is 3.10. The standard InChI is InChI=1S/C14H21N3O4/c1-2-3-14(12(18)19)4-5-17(10-14)13(20)16-6-7-21-11(8-15)9-16/h11H,2-7,9-10H2,1H3,(H,18,19). The summed E-state index contributed by atoms with van der Waals surface area (Å²) in [6.07, 6.45) is 1.26. The van der Waals surface area contributed by atoms with Gasteiger partial charge in [0.15, 0.2) is 6.10 Å². The molecule has 2 unspecified atom stereocenters. The monoisotopic (exact) mass is 295 g/mol. The average Bonchev–Trinajstić information content (AvgIpc) is 2.92. The molecule has 2 rings (SSSR count). The molecule has 0 aliphatic carbocycles. The third kappa shape index (κ3) is 3.10. The summed E-state index contributed by atoms with van der Waals surface area (Å²) in [6.45, 7) is 3.70. The van der Waals surface area contributed by atoms with Crippen LogP contribution in [0.4, 0.5) is 4.79 Å². The lowest BCUT2D eigenvalue weighted by Gasteiger charge is -2.33. The summed E-state index contributed by atoms with van der Waals surface area (Å²) in [5.41, 5.74) is -0.814. The largest absolute Gasteiger partial charge is 0.481 e. The van der Waals surface area contributed by atoms with Crippen LogP contribution >= 0.6 is 0 Å². The van der Waals surface area contributed by atoms with E-state index in [-0.39, 0.29) is 19.1 Å². The predicted octanol–water partition coefficient (Wildman–Crippen LogP) is 0.908. The molecular formula is C14H21N3O4. The number of amides is 2. The fourth-order valence-electron chi connectivity index (χ4n) is 3.10. The Kier molecular flexibility index (Phi) is 4.68. The van der Waals surface area contributed by atoms with Gasteiger partial charge < -0.3 is 19.6 Å². The molecule has 0 aromatic heterocycles. The van der Waals surface area contributed by atoms with E-state index in [0.717, 1.165) is 6.42 Å². The Morgan fingerprint density at radius 2 is 2.19 bits per heavy atom. The van der Waals surface area contributed by atoms with Crippen molar-refractivity contribution in [2.24, 2.45) is 5.41 Å². The van der Waals surface area contributed by atoms with Gasteiger partial charge in [-0.05, 0) is 12.8 Å². The van der Waals surface area contributed by atoms with Crippen LogP contribution in [0.5, 0.6) is 0 Å². The number of aliphatic carboxylic acids is 1. The maximum Gasteiger partial charge on any atom is 0.320 e. The number of carboxylic acid groups (broad SMARTS) is 1. The van der Waals surface area contributed by atoms with Crippen LogP contribution in [0.2, 0.25) is 0 Å². The molecular weight excluding hydrogens is 274 g/mol. The minimum atomic E-state index is -0.823. The lowest BCUT2D eigenvalue weighted by molar-refractivity contribution is -0.148. The van der Waals surface area contributed by atoms with Crippen molar-refractivity contribution >= 4 is 12.0 Å². The van der Waals surface area contributed by atoms with Crippen molar-refractivity contribution in [3.63, 3.8) is 0 Å². The average molecular weight is 295 g/mol. The molecule has 116 valence electrons. The number of nitriles is 1. The summed E-state index contributed by atoms with van der Waals surface area (Å²) in [6, 6.07) is 1.82. The number of carbonyl (C=O) groups is 2. The Morgan fingerprint density at radius 3 is 2.81 bits per heavy atom. The van der Waals surface area contributed by atoms with Crippen molar-refractivity contribution in [2.75, 3.05) is 32.8 Å². The van der Waals surface area contributed by atoms with E-state index < -0.39 is 17.5 Å². The Hall–Kier alpha value is -1.81. The molecule has 21 heavy (non-hydrogen) atoms. The highest BCUT2D eigenvalue weighted by atomic mass is 16.5. The minimum absolute atomic E-state index is 0.183. The quantitative estimate of drug-likeness (QED) is 0.835. The van der Waals surface area contributed by atoms with Crippen molar-refractivity contribution in [2.45, 2.75) is 32.3 Å². The maximum atomic E-state index is 12.5. The van der Waals surface area contributed by atoms with E-state index in [1.807, 2.05) is 13.0 Å². The number of carboxylic acids is 1. The van der Waals surface area contributed by atoms with Gasteiger partial charge in [0.05, 0.1) is 24.6 Å². The number of hydrogen-bond donors (Lipinski definition) is 1. The van der Waals surface area contributed by atoms with Crippen LogP contribution in [0.15, 0.2) is 0 Å². The van der Waals surface area contributed by atoms with Crippen LogP contribution in [0.1, 0.15) is 26.2 Å². The molecule has 2 aliphatic rings. The lowest BCUT2D eigenvalue weighted by Crippen LogP contribution is -2.50. The summed E-state index contributed by atoms with van der Waals surface area (Å²) < 4.78 is 5.22. The number of rotatable bonds is 3. The number of urea groups is 1. The summed E-state index contributed by atoms with van der Waals surface area (Å²) in [5, 5.41) is 18.3. The molecule has 7 heteroatoms. The number of morpholine rings is 1. The summed E-state index contributed by atoms with van der Waals surface area (Å²) >= 11 is 0. The summed E-state index contributed by atoms with van der Waals surface area (Å²) in [7, 11) is 0. The van der Waals surface area contributed by atoms with Gasteiger partial charge >= 0.3 is 12.0 Å². The van der Waals surface area contributed by atoms with Gasteiger partial charge in [-0.1, -0.05) is 13.3 Å². The van der Waals surface area contributed by atoms with Crippen molar-refractivity contribution in [1.29, 1.82) is 5.26 Å². The molecule has 2 amide bonds. The van der Waals surface area contributed by atoms with Crippen molar-refractivity contribution in [1.82, 2.24) is 9.80 Å². The molecule has 0 saturated carbocycles. The van der Waals surface area contributed by atoms with E-state index in [1.165, 1.54) is 0 Å². The summed E-state index contributed by atoms with van der Waals surface area (Å²) in [4.78, 5) is 27.2. The van der Waals surface area contributed by atoms with Gasteiger partial charge in [0, 0.05) is 19.6 Å². The van der Waals surface area contributed by atoms with Crippen LogP contribution in [0, 0.1) is 16.7 Å². The molecule has 0 spiro atoms. The Morgan fingerprint density at radius 1 is 1.43 bits per heavy atom. The van der Waals surface area contributed by atoms with Gasteiger partial charge in [0.1, 0.15) is 0 Å². The van der Waals surface area contributed by atoms with Crippen LogP contribution < -0.4 is 0 Å². The second kappa shape index (κ2) is 6.31. The molecule has 0 aromatic rings. The lowest BCUT2D eigenvalue weighted by atomic mass is 9.83. The second-order valence-electron chi connectivity index (χ2n) is 5.72. The zero-order valence-corrected chi connectivity index (χ0v) is 12.2. The SMILES string of the molecule is CCCC1(C(=O)O)CCN(C(=O)N2CCOC(C#N)C2)C1. The van der Waals surface area contributed by atoms with Gasteiger partial charge in [-0.25, -0.2) is 4.79 Å². The first-order valence-electron chi connectivity index (χ1n) is 7.31. The van der Waals surface area contributed by atoms with Gasteiger partial charge in [-0.3, -0.25) is 4.79 Å². The molecule has 2 heterocycles. The molecule has 0 aromatic carbocycles. The molecule has 2 aliphatic heterocycles. The van der Waals surface area contributed by atoms with Crippen molar-refractivity contribution in [3.05, 3.63) is 0 Å². The Labute approximate surface area is 124 Å². The number of likely N-dealkylation sites (tertiary alicyclic amines) is 1. The predicted molar refractivity (Wildman–Crippen MR) is 73.5 cm³/mol. The highest BCUT2D eigenvalue weighted by molar-refractivity contribution is 5.80. The zero-order chi connectivity index (χ0) is 15.5. The van der Waals surface area contributed by atoms with Gasteiger partial charge in [0.2, 0.25) is 0 Å². The first-order valence-corrected chi connectivity index (χ1v) is 7.31. The highest BCUT2D eigenvalue weighted by Crippen LogP contribution is 2.36. The van der Waals surface area contributed by atoms with E-state index in [9.17, 15) is 14.7 Å². The molecule has 0 radical (unpaired) electrons. The molecule has 7 nitrogen and oxygen atoms in total. The molecule has 2 saturated heterocycles. The number of hydrogen-bond acceptors (Lipinski definition) is 4. The van der Waals surface area contributed by atoms with Crippen molar-refractivity contribution in [3.8, 4) is 6.07 Å². The first-order chi connectivity index (χ1) is 10.0. The first kappa shape index (κ1) is 15.6. The third-order valence-corrected chi connectivity index (χ3v) is 4.29. The Bertz CT molecular complexity index is 462. The number of nitrogens with zero attached hydrogens (tertiary/aromatic N) is 3. The maximum absolute atomic E-state index is 12.5. The van der Waals surface area contributed by atoms with E-state index >= 15 is 0 Å². The zero-order valence-electron chi connectivity index (χ0n) is 12.2. The topological polar surface area (TPSA) is 93.9 Å². The van der Waals surface area contributed by atoms with Crippen LogP contribution in [-0.4, -0.2) is 65.8 Å². The normalized spacial score (nSPS) is 29.2. The Balaban J connectivity index is 2.01. The highest BCUT2D eigenvalue weighted by Gasteiger charge is 2.46. The van der Waals surface area contributed by atoms with Crippen LogP contribution in [0.25, 0.3) is 0 Å². The fraction of sp³-hybridized carbons (Fsp3) is 0.786. The van der Waals surface area contributed by atoms with Crippen LogP contribution in [-0.2, 0) is 9.53 Å². The molecule has 1 N–H and O–H groups in total. The van der Waals surface area contributed by atoms with E-state index in [2.05, 4.69) is 0 Å². The molecule has 0 bridgehead atoms. The summed E-state index contributed by atoms with van der Waals surface area (Å²) in [5.74, 6) is -0.823. The number of carbonyl (C=O) groups excluding carboxylic acids is 1. The van der Waals surface area contributed by atoms with Gasteiger partial charge in [-0.15, -0.1) is 0 Å². The van der Waals surface area contributed by atoms with E-state index in [4.69, 9.17) is 10.00 Å². The van der Waals surface area contributed by atoms with Gasteiger partial charge in [-0.2, -0.15) is 5.26 Å². The molecule has 2 atom stereocenters. The van der Waals surface area contributed by atoms with Crippen LogP contribution in [0.3, 0.4) is 0 Å². The second-order valence-corrected chi connectivity index (χ2v) is 5.72. The van der Waals surface area contributed by atoms with Crippen molar-refractivity contribution < 1.29 is 19.4 Å².